The third-order valence-corrected chi connectivity index (χ3v) is 6.27. The van der Waals surface area contributed by atoms with Gasteiger partial charge in [0, 0.05) is 30.7 Å². The second-order valence-corrected chi connectivity index (χ2v) is 9.48. The highest BCUT2D eigenvalue weighted by molar-refractivity contribution is 7.88. The SMILES string of the molecule is COc1cccc(CN2CCC(CC3CC3)(NS(C)(=O)=O)CC2)c1OC. The minimum absolute atomic E-state index is 0.274. The Labute approximate surface area is 156 Å². The van der Waals surface area contributed by atoms with Gasteiger partial charge in [0.1, 0.15) is 0 Å². The molecular formula is C19H30N2O4S. The second-order valence-electron chi connectivity index (χ2n) is 7.73. The number of piperidine rings is 1. The highest BCUT2D eigenvalue weighted by atomic mass is 32.2. The molecule has 0 radical (unpaired) electrons. The Bertz CT molecular complexity index is 723. The molecule has 1 aromatic rings. The van der Waals surface area contributed by atoms with Gasteiger partial charge in [-0.25, -0.2) is 13.1 Å². The third-order valence-electron chi connectivity index (χ3n) is 5.47. The van der Waals surface area contributed by atoms with Crippen molar-refractivity contribution in [2.45, 2.75) is 44.2 Å². The molecule has 1 saturated carbocycles. The Hall–Kier alpha value is -1.31. The maximum atomic E-state index is 11.9. The number of hydrogen-bond donors (Lipinski definition) is 1. The molecule has 0 spiro atoms. The maximum absolute atomic E-state index is 11.9. The molecule has 1 aliphatic carbocycles. The Morgan fingerprint density at radius 3 is 2.42 bits per heavy atom. The fraction of sp³-hybridized carbons (Fsp3) is 0.684. The molecule has 0 atom stereocenters. The van der Waals surface area contributed by atoms with Gasteiger partial charge in [-0.1, -0.05) is 25.0 Å². The van der Waals surface area contributed by atoms with E-state index in [0.717, 1.165) is 56.0 Å². The molecular weight excluding hydrogens is 352 g/mol. The van der Waals surface area contributed by atoms with E-state index in [-0.39, 0.29) is 5.54 Å². The molecule has 1 aliphatic heterocycles. The van der Waals surface area contributed by atoms with Crippen LogP contribution in [0, 0.1) is 5.92 Å². The van der Waals surface area contributed by atoms with E-state index >= 15 is 0 Å². The van der Waals surface area contributed by atoms with E-state index in [2.05, 4.69) is 15.7 Å². The van der Waals surface area contributed by atoms with Gasteiger partial charge < -0.3 is 9.47 Å². The average Bonchev–Trinajstić information content (AvgIpc) is 3.39. The predicted octanol–water partition coefficient (Wildman–Crippen LogP) is 2.39. The van der Waals surface area contributed by atoms with Gasteiger partial charge in [0.05, 0.1) is 20.5 Å². The van der Waals surface area contributed by atoms with Crippen LogP contribution in [0.1, 0.15) is 37.7 Å². The van der Waals surface area contributed by atoms with Crippen LogP contribution in [-0.2, 0) is 16.6 Å². The maximum Gasteiger partial charge on any atom is 0.209 e. The second kappa shape index (κ2) is 7.74. The zero-order valence-electron chi connectivity index (χ0n) is 16.0. The standard InChI is InChI=1S/C19H30N2O4S/c1-24-17-6-4-5-16(18(17)25-2)14-21-11-9-19(10-12-21,13-15-7-8-15)20-26(3,22)23/h4-6,15,20H,7-14H2,1-3H3. The fourth-order valence-corrected chi connectivity index (χ4v) is 5.15. The summed E-state index contributed by atoms with van der Waals surface area (Å²) in [5.74, 6) is 2.21. The highest BCUT2D eigenvalue weighted by Crippen LogP contribution is 2.41. The van der Waals surface area contributed by atoms with Crippen molar-refractivity contribution in [2.75, 3.05) is 33.6 Å². The molecule has 2 aliphatic rings. The molecule has 6 nitrogen and oxygen atoms in total. The molecule has 0 unspecified atom stereocenters. The van der Waals surface area contributed by atoms with Crippen molar-refractivity contribution in [1.82, 2.24) is 9.62 Å². The van der Waals surface area contributed by atoms with Crippen molar-refractivity contribution >= 4 is 10.0 Å². The summed E-state index contributed by atoms with van der Waals surface area (Å²) < 4.78 is 37.6. The summed E-state index contributed by atoms with van der Waals surface area (Å²) >= 11 is 0. The van der Waals surface area contributed by atoms with Gasteiger partial charge in [-0.15, -0.1) is 0 Å². The number of hydrogen-bond acceptors (Lipinski definition) is 5. The normalized spacial score (nSPS) is 20.7. The number of methoxy groups -OCH3 is 2. The molecule has 2 fully saturated rings. The van der Waals surface area contributed by atoms with Gasteiger partial charge in [0.15, 0.2) is 11.5 Å². The summed E-state index contributed by atoms with van der Waals surface area (Å²) in [6.45, 7) is 2.52. The molecule has 0 amide bonds. The van der Waals surface area contributed by atoms with Crippen LogP contribution >= 0.6 is 0 Å². The molecule has 1 aromatic carbocycles. The van der Waals surface area contributed by atoms with Gasteiger partial charge in [-0.2, -0.15) is 0 Å². The summed E-state index contributed by atoms with van der Waals surface area (Å²) in [7, 11) is 0.104. The molecule has 0 bridgehead atoms. The van der Waals surface area contributed by atoms with Crippen LogP contribution in [0.3, 0.4) is 0 Å². The van der Waals surface area contributed by atoms with Crippen molar-refractivity contribution in [3.8, 4) is 11.5 Å². The van der Waals surface area contributed by atoms with Crippen molar-refractivity contribution in [3.05, 3.63) is 23.8 Å². The van der Waals surface area contributed by atoms with Gasteiger partial charge in [-0.3, -0.25) is 4.90 Å². The van der Waals surface area contributed by atoms with Crippen LogP contribution < -0.4 is 14.2 Å². The van der Waals surface area contributed by atoms with Crippen LogP contribution in [0.5, 0.6) is 11.5 Å². The number of ether oxygens (including phenoxy) is 2. The first-order valence-corrected chi connectivity index (χ1v) is 11.1. The third kappa shape index (κ3) is 4.90. The lowest BCUT2D eigenvalue weighted by atomic mass is 9.83. The molecule has 146 valence electrons. The van der Waals surface area contributed by atoms with Crippen molar-refractivity contribution < 1.29 is 17.9 Å². The summed E-state index contributed by atoms with van der Waals surface area (Å²) in [4.78, 5) is 2.37. The van der Waals surface area contributed by atoms with Crippen LogP contribution in [0.25, 0.3) is 0 Å². The zero-order valence-corrected chi connectivity index (χ0v) is 16.8. The first-order valence-electron chi connectivity index (χ1n) is 9.25. The molecule has 1 heterocycles. The summed E-state index contributed by atoms with van der Waals surface area (Å²) in [6.07, 6.45) is 6.41. The van der Waals surface area contributed by atoms with Gasteiger partial charge in [0.25, 0.3) is 0 Å². The molecule has 1 N–H and O–H groups in total. The Kier molecular flexibility index (Phi) is 5.79. The molecule has 26 heavy (non-hydrogen) atoms. The Morgan fingerprint density at radius 1 is 1.19 bits per heavy atom. The van der Waals surface area contributed by atoms with Gasteiger partial charge >= 0.3 is 0 Å². The van der Waals surface area contributed by atoms with Crippen molar-refractivity contribution in [2.24, 2.45) is 5.92 Å². The van der Waals surface area contributed by atoms with Gasteiger partial charge in [0.2, 0.25) is 10.0 Å². The quantitative estimate of drug-likeness (QED) is 0.748. The topological polar surface area (TPSA) is 67.9 Å². The van der Waals surface area contributed by atoms with E-state index in [0.29, 0.717) is 5.92 Å². The molecule has 1 saturated heterocycles. The number of nitrogens with zero attached hydrogens (tertiary/aromatic N) is 1. The lowest BCUT2D eigenvalue weighted by Gasteiger charge is -2.42. The van der Waals surface area contributed by atoms with Crippen LogP contribution in [0.2, 0.25) is 0 Å². The molecule has 7 heteroatoms. The van der Waals surface area contributed by atoms with E-state index in [4.69, 9.17) is 9.47 Å². The van der Waals surface area contributed by atoms with Crippen molar-refractivity contribution in [1.29, 1.82) is 0 Å². The van der Waals surface area contributed by atoms with E-state index < -0.39 is 10.0 Å². The fourth-order valence-electron chi connectivity index (χ4n) is 4.07. The Morgan fingerprint density at radius 2 is 1.88 bits per heavy atom. The highest BCUT2D eigenvalue weighted by Gasteiger charge is 2.41. The van der Waals surface area contributed by atoms with E-state index in [9.17, 15) is 8.42 Å². The lowest BCUT2D eigenvalue weighted by Crippen LogP contribution is -2.55. The largest absolute Gasteiger partial charge is 0.493 e. The number of para-hydroxylation sites is 1. The minimum atomic E-state index is -3.20. The van der Waals surface area contributed by atoms with Crippen LogP contribution in [-0.4, -0.2) is 52.4 Å². The number of sulfonamides is 1. The van der Waals surface area contributed by atoms with Crippen LogP contribution in [0.15, 0.2) is 18.2 Å². The summed E-state index contributed by atoms with van der Waals surface area (Å²) in [5, 5.41) is 0. The summed E-state index contributed by atoms with van der Waals surface area (Å²) in [6, 6.07) is 5.93. The predicted molar refractivity (Wildman–Crippen MR) is 102 cm³/mol. The molecule has 3 rings (SSSR count). The lowest BCUT2D eigenvalue weighted by molar-refractivity contribution is 0.133. The smallest absolute Gasteiger partial charge is 0.209 e. The zero-order chi connectivity index (χ0) is 18.8. The first kappa shape index (κ1) is 19.5. The number of benzene rings is 1. The van der Waals surface area contributed by atoms with Crippen LogP contribution in [0.4, 0.5) is 0 Å². The average molecular weight is 383 g/mol. The molecule has 0 aromatic heterocycles. The van der Waals surface area contributed by atoms with Gasteiger partial charge in [-0.05, 0) is 31.2 Å². The van der Waals surface area contributed by atoms with E-state index in [1.165, 1.54) is 19.1 Å². The number of likely N-dealkylation sites (tertiary alicyclic amines) is 1. The minimum Gasteiger partial charge on any atom is -0.493 e. The van der Waals surface area contributed by atoms with E-state index in [1.807, 2.05) is 12.1 Å². The Balaban J connectivity index is 1.67. The number of rotatable bonds is 8. The summed E-state index contributed by atoms with van der Waals surface area (Å²) in [5.41, 5.74) is 0.821. The first-order chi connectivity index (χ1) is 12.3. The monoisotopic (exact) mass is 382 g/mol. The number of nitrogens with one attached hydrogen (secondary N) is 1. The van der Waals surface area contributed by atoms with E-state index in [1.54, 1.807) is 14.2 Å². The van der Waals surface area contributed by atoms with Crippen molar-refractivity contribution in [3.63, 3.8) is 0 Å².